The maximum absolute atomic E-state index is 11.5. The lowest BCUT2D eigenvalue weighted by atomic mass is 10.2. The summed E-state index contributed by atoms with van der Waals surface area (Å²) < 4.78 is 10.1. The maximum atomic E-state index is 11.5. The molecule has 19 heavy (non-hydrogen) atoms. The molecule has 0 fully saturated rings. The first-order valence-electron chi connectivity index (χ1n) is 6.04. The van der Waals surface area contributed by atoms with Gasteiger partial charge in [0.05, 0.1) is 0 Å². The summed E-state index contributed by atoms with van der Waals surface area (Å²) in [4.78, 5) is 15.5. The summed E-state index contributed by atoms with van der Waals surface area (Å²) in [6, 6.07) is 0. The quantitative estimate of drug-likeness (QED) is 0.235. The van der Waals surface area contributed by atoms with Crippen molar-refractivity contribution in [3.8, 4) is 0 Å². The van der Waals surface area contributed by atoms with Crippen LogP contribution in [-0.4, -0.2) is 51.4 Å². The Morgan fingerprint density at radius 2 is 1.89 bits per heavy atom. The zero-order chi connectivity index (χ0) is 14.0. The highest BCUT2D eigenvalue weighted by Crippen LogP contribution is 2.05. The molecule has 0 rings (SSSR count). The number of nitrogens with zero attached hydrogens (tertiary/aromatic N) is 1. The van der Waals surface area contributed by atoms with Crippen molar-refractivity contribution in [1.82, 2.24) is 10.6 Å². The Morgan fingerprint density at radius 3 is 2.37 bits per heavy atom. The Balaban J connectivity index is 0. The van der Waals surface area contributed by atoms with Crippen molar-refractivity contribution in [3.63, 3.8) is 0 Å². The van der Waals surface area contributed by atoms with Gasteiger partial charge in [-0.2, -0.15) is 0 Å². The van der Waals surface area contributed by atoms with Crippen LogP contribution in [0.3, 0.4) is 0 Å². The normalized spacial score (nSPS) is 11.5. The molecule has 0 aliphatic rings. The molecule has 2 N–H and O–H groups in total. The van der Waals surface area contributed by atoms with Crippen molar-refractivity contribution in [1.29, 1.82) is 0 Å². The standard InChI is InChI=1S/C12H25N3O3.HI/c1-12(2,3)18-10(16)9-15-11(13-4)14-7-6-8-17-5;/h6-9H2,1-5H3,(H2,13,14,15);1H. The topological polar surface area (TPSA) is 72.0 Å². The van der Waals surface area contributed by atoms with Crippen LogP contribution in [0.25, 0.3) is 0 Å². The van der Waals surface area contributed by atoms with Crippen LogP contribution in [0, 0.1) is 0 Å². The predicted molar refractivity (Wildman–Crippen MR) is 87.1 cm³/mol. The number of methoxy groups -OCH3 is 1. The third-order valence-electron chi connectivity index (χ3n) is 1.86. The van der Waals surface area contributed by atoms with E-state index in [1.807, 2.05) is 20.8 Å². The van der Waals surface area contributed by atoms with Crippen molar-refractivity contribution in [2.75, 3.05) is 33.9 Å². The average molecular weight is 387 g/mol. The van der Waals surface area contributed by atoms with Crippen LogP contribution in [0.15, 0.2) is 4.99 Å². The molecule has 0 saturated carbocycles. The van der Waals surface area contributed by atoms with Gasteiger partial charge >= 0.3 is 5.97 Å². The van der Waals surface area contributed by atoms with Gasteiger partial charge in [-0.15, -0.1) is 24.0 Å². The zero-order valence-electron chi connectivity index (χ0n) is 12.4. The molecule has 114 valence electrons. The van der Waals surface area contributed by atoms with E-state index in [4.69, 9.17) is 9.47 Å². The number of carbonyl (C=O) groups is 1. The zero-order valence-corrected chi connectivity index (χ0v) is 14.7. The molecule has 0 unspecified atom stereocenters. The summed E-state index contributed by atoms with van der Waals surface area (Å²) in [5.74, 6) is 0.277. The molecule has 0 aromatic rings. The Morgan fingerprint density at radius 1 is 1.26 bits per heavy atom. The highest BCUT2D eigenvalue weighted by Gasteiger charge is 2.16. The van der Waals surface area contributed by atoms with Gasteiger partial charge in [-0.1, -0.05) is 0 Å². The lowest BCUT2D eigenvalue weighted by Crippen LogP contribution is -2.42. The molecule has 0 spiro atoms. The van der Waals surface area contributed by atoms with E-state index in [2.05, 4.69) is 15.6 Å². The number of hydrogen-bond donors (Lipinski definition) is 2. The summed E-state index contributed by atoms with van der Waals surface area (Å²) in [7, 11) is 3.32. The molecule has 0 saturated heterocycles. The van der Waals surface area contributed by atoms with E-state index in [0.717, 1.165) is 13.0 Å². The van der Waals surface area contributed by atoms with Crippen LogP contribution in [-0.2, 0) is 14.3 Å². The third kappa shape index (κ3) is 13.7. The number of guanidine groups is 1. The van der Waals surface area contributed by atoms with E-state index in [1.165, 1.54) is 0 Å². The maximum Gasteiger partial charge on any atom is 0.325 e. The van der Waals surface area contributed by atoms with E-state index in [1.54, 1.807) is 14.2 Å². The lowest BCUT2D eigenvalue weighted by molar-refractivity contribution is -0.153. The van der Waals surface area contributed by atoms with Crippen molar-refractivity contribution < 1.29 is 14.3 Å². The van der Waals surface area contributed by atoms with Gasteiger partial charge in [0.15, 0.2) is 5.96 Å². The first-order valence-corrected chi connectivity index (χ1v) is 6.04. The van der Waals surface area contributed by atoms with Gasteiger partial charge in [-0.3, -0.25) is 9.79 Å². The molecule has 0 atom stereocenters. The van der Waals surface area contributed by atoms with Crippen molar-refractivity contribution >= 4 is 35.9 Å². The molecule has 6 nitrogen and oxygen atoms in total. The Hall–Kier alpha value is -0.570. The number of nitrogens with one attached hydrogen (secondary N) is 2. The van der Waals surface area contributed by atoms with E-state index >= 15 is 0 Å². The summed E-state index contributed by atoms with van der Waals surface area (Å²) in [6.07, 6.45) is 0.879. The average Bonchev–Trinajstić information content (AvgIpc) is 2.26. The van der Waals surface area contributed by atoms with Crippen LogP contribution in [0.5, 0.6) is 0 Å². The molecule has 0 bridgehead atoms. The van der Waals surface area contributed by atoms with E-state index < -0.39 is 5.60 Å². The molecular weight excluding hydrogens is 361 g/mol. The van der Waals surface area contributed by atoms with E-state index in [-0.39, 0.29) is 36.5 Å². The van der Waals surface area contributed by atoms with E-state index in [9.17, 15) is 4.79 Å². The summed E-state index contributed by atoms with van der Waals surface area (Å²) in [5.41, 5.74) is -0.464. The van der Waals surface area contributed by atoms with Crippen LogP contribution in [0.4, 0.5) is 0 Å². The second kappa shape index (κ2) is 11.3. The fraction of sp³-hybridized carbons (Fsp3) is 0.833. The highest BCUT2D eigenvalue weighted by molar-refractivity contribution is 14.0. The summed E-state index contributed by atoms with van der Waals surface area (Å²) in [5, 5.41) is 5.97. The minimum atomic E-state index is -0.464. The minimum Gasteiger partial charge on any atom is -0.459 e. The molecule has 0 aromatic heterocycles. The van der Waals surface area contributed by atoms with Gasteiger partial charge in [-0.05, 0) is 27.2 Å². The summed E-state index contributed by atoms with van der Waals surface area (Å²) in [6.45, 7) is 7.03. The summed E-state index contributed by atoms with van der Waals surface area (Å²) >= 11 is 0. The fourth-order valence-corrected chi connectivity index (χ4v) is 1.18. The Labute approximate surface area is 132 Å². The second-order valence-corrected chi connectivity index (χ2v) is 4.79. The molecule has 0 aromatic carbocycles. The van der Waals surface area contributed by atoms with Crippen molar-refractivity contribution in [3.05, 3.63) is 0 Å². The molecule has 0 amide bonds. The first kappa shape index (κ1) is 20.7. The number of hydrogen-bond acceptors (Lipinski definition) is 4. The van der Waals surface area contributed by atoms with Crippen molar-refractivity contribution in [2.24, 2.45) is 4.99 Å². The second-order valence-electron chi connectivity index (χ2n) is 4.79. The van der Waals surface area contributed by atoms with Crippen LogP contribution in [0.2, 0.25) is 0 Å². The third-order valence-corrected chi connectivity index (χ3v) is 1.86. The Bertz CT molecular complexity index is 278. The van der Waals surface area contributed by atoms with Gasteiger partial charge in [0, 0.05) is 27.3 Å². The molecular formula is C12H26IN3O3. The monoisotopic (exact) mass is 387 g/mol. The smallest absolute Gasteiger partial charge is 0.325 e. The van der Waals surface area contributed by atoms with Crippen LogP contribution >= 0.6 is 24.0 Å². The molecule has 7 heteroatoms. The molecule has 0 heterocycles. The number of rotatable bonds is 6. The molecule has 0 radical (unpaired) electrons. The SMILES string of the molecule is CN=C(NCCCOC)NCC(=O)OC(C)(C)C.I. The minimum absolute atomic E-state index is 0. The van der Waals surface area contributed by atoms with Crippen LogP contribution < -0.4 is 10.6 Å². The number of esters is 1. The lowest BCUT2D eigenvalue weighted by Gasteiger charge is -2.20. The number of aliphatic imine (C=N–C) groups is 1. The van der Waals surface area contributed by atoms with Gasteiger partial charge in [0.2, 0.25) is 0 Å². The van der Waals surface area contributed by atoms with Crippen LogP contribution in [0.1, 0.15) is 27.2 Å². The first-order chi connectivity index (χ1) is 8.39. The highest BCUT2D eigenvalue weighted by atomic mass is 127. The van der Waals surface area contributed by atoms with Gasteiger partial charge < -0.3 is 20.1 Å². The number of carbonyl (C=O) groups excluding carboxylic acids is 1. The van der Waals surface area contributed by atoms with Crippen molar-refractivity contribution in [2.45, 2.75) is 32.8 Å². The van der Waals surface area contributed by atoms with E-state index in [0.29, 0.717) is 12.6 Å². The predicted octanol–water partition coefficient (Wildman–Crippen LogP) is 1.15. The van der Waals surface area contributed by atoms with Gasteiger partial charge in [0.25, 0.3) is 0 Å². The Kier molecular flexibility index (Phi) is 12.3. The van der Waals surface area contributed by atoms with Gasteiger partial charge in [0.1, 0.15) is 12.1 Å². The number of halogens is 1. The fourth-order valence-electron chi connectivity index (χ4n) is 1.18. The van der Waals surface area contributed by atoms with Gasteiger partial charge in [-0.25, -0.2) is 0 Å². The molecule has 0 aliphatic carbocycles. The number of ether oxygens (including phenoxy) is 2. The largest absolute Gasteiger partial charge is 0.459 e. The molecule has 0 aliphatic heterocycles.